The lowest BCUT2D eigenvalue weighted by atomic mass is 10.2. The Kier molecular flexibility index (Phi) is 4.57. The lowest BCUT2D eigenvalue weighted by molar-refractivity contribution is 0.0719. The zero-order valence-corrected chi connectivity index (χ0v) is 14.0. The van der Waals surface area contributed by atoms with Gasteiger partial charge in [0.15, 0.2) is 0 Å². The average Bonchev–Trinajstić information content (AvgIpc) is 2.58. The second kappa shape index (κ2) is 6.66. The number of pyridine rings is 1. The van der Waals surface area contributed by atoms with E-state index >= 15 is 0 Å². The molecular weight excluding hydrogens is 349 g/mol. The van der Waals surface area contributed by atoms with Gasteiger partial charge >= 0.3 is 0 Å². The zero-order valence-electron chi connectivity index (χ0n) is 13.2. The molecule has 1 aliphatic rings. The van der Waals surface area contributed by atoms with E-state index in [0.717, 1.165) is 12.1 Å². The molecule has 0 atom stereocenters. The maximum atomic E-state index is 13.4. The predicted molar refractivity (Wildman–Crippen MR) is 85.1 cm³/mol. The Morgan fingerprint density at radius 2 is 2.08 bits per heavy atom. The third-order valence-corrected chi connectivity index (χ3v) is 5.56. The molecule has 0 saturated carbocycles. The van der Waals surface area contributed by atoms with Crippen LogP contribution in [-0.4, -0.2) is 44.0 Å². The van der Waals surface area contributed by atoms with Gasteiger partial charge in [-0.15, -0.1) is 0 Å². The Morgan fingerprint density at radius 1 is 1.32 bits per heavy atom. The van der Waals surface area contributed by atoms with Gasteiger partial charge in [0.05, 0.1) is 25.8 Å². The predicted octanol–water partition coefficient (Wildman–Crippen LogP) is 1.55. The summed E-state index contributed by atoms with van der Waals surface area (Å²) >= 11 is 0. The topological polar surface area (TPSA) is 92.5 Å². The molecule has 7 nitrogen and oxygen atoms in total. The number of aromatic nitrogens is 1. The fourth-order valence-corrected chi connectivity index (χ4v) is 4.02. The molecule has 9 heteroatoms. The summed E-state index contributed by atoms with van der Waals surface area (Å²) in [5.74, 6) is -0.265. The summed E-state index contributed by atoms with van der Waals surface area (Å²) < 4.78 is 50.4. The maximum absolute atomic E-state index is 13.4. The average molecular weight is 363 g/mol. The van der Waals surface area contributed by atoms with Crippen molar-refractivity contribution in [2.24, 2.45) is 0 Å². The van der Waals surface area contributed by atoms with Gasteiger partial charge < -0.3 is 9.47 Å². The monoisotopic (exact) mass is 363 g/mol. The van der Waals surface area contributed by atoms with Crippen molar-refractivity contribution in [1.29, 1.82) is 5.26 Å². The quantitative estimate of drug-likeness (QED) is 0.800. The van der Waals surface area contributed by atoms with E-state index < -0.39 is 15.8 Å². The summed E-state index contributed by atoms with van der Waals surface area (Å²) in [6, 6.07) is 8.40. The SMILES string of the molecule is COc1ccc(F)cc1S(=O)(=O)N1CC(Oc2ccc(C#N)cn2)C1. The first-order valence-electron chi connectivity index (χ1n) is 7.30. The fraction of sp³-hybridized carbons (Fsp3) is 0.250. The Balaban J connectivity index is 1.69. The zero-order chi connectivity index (χ0) is 18.0. The molecule has 1 aliphatic heterocycles. The first-order chi connectivity index (χ1) is 11.9. The molecule has 0 bridgehead atoms. The molecule has 0 unspecified atom stereocenters. The number of ether oxygens (including phenoxy) is 2. The summed E-state index contributed by atoms with van der Waals surface area (Å²) in [6.45, 7) is 0.230. The van der Waals surface area contributed by atoms with Gasteiger partial charge in [-0.05, 0) is 24.3 Å². The third kappa shape index (κ3) is 3.40. The number of hydrogen-bond acceptors (Lipinski definition) is 6. The summed E-state index contributed by atoms with van der Waals surface area (Å²) in [6.07, 6.45) is 1.01. The fourth-order valence-electron chi connectivity index (χ4n) is 2.35. The molecule has 0 spiro atoms. The van der Waals surface area contributed by atoms with Crippen LogP contribution < -0.4 is 9.47 Å². The molecule has 1 aromatic carbocycles. The number of halogens is 1. The largest absolute Gasteiger partial charge is 0.495 e. The van der Waals surface area contributed by atoms with Crippen molar-refractivity contribution in [1.82, 2.24) is 9.29 Å². The van der Waals surface area contributed by atoms with Gasteiger partial charge in [-0.1, -0.05) is 0 Å². The second-order valence-corrected chi connectivity index (χ2v) is 7.26. The molecule has 0 radical (unpaired) electrons. The number of hydrogen-bond donors (Lipinski definition) is 0. The summed E-state index contributed by atoms with van der Waals surface area (Å²) in [4.78, 5) is 3.76. The van der Waals surface area contributed by atoms with Crippen molar-refractivity contribution in [2.45, 2.75) is 11.0 Å². The van der Waals surface area contributed by atoms with E-state index in [1.807, 2.05) is 6.07 Å². The lowest BCUT2D eigenvalue weighted by Crippen LogP contribution is -2.56. The van der Waals surface area contributed by atoms with Crippen LogP contribution in [0.2, 0.25) is 0 Å². The molecule has 130 valence electrons. The van der Waals surface area contributed by atoms with Gasteiger partial charge in [0.1, 0.15) is 28.6 Å². The van der Waals surface area contributed by atoms with Crippen LogP contribution in [0.1, 0.15) is 5.56 Å². The highest BCUT2D eigenvalue weighted by Crippen LogP contribution is 2.30. The summed E-state index contributed by atoms with van der Waals surface area (Å²) in [5.41, 5.74) is 0.406. The van der Waals surface area contributed by atoms with Crippen LogP contribution in [0.15, 0.2) is 41.4 Å². The number of nitriles is 1. The first kappa shape index (κ1) is 17.1. The van der Waals surface area contributed by atoms with Crippen LogP contribution in [0.5, 0.6) is 11.6 Å². The van der Waals surface area contributed by atoms with Crippen LogP contribution in [0.25, 0.3) is 0 Å². The maximum Gasteiger partial charge on any atom is 0.247 e. The Hall–Kier alpha value is -2.70. The number of nitrogens with zero attached hydrogens (tertiary/aromatic N) is 3. The molecule has 1 fully saturated rings. The second-order valence-electron chi connectivity index (χ2n) is 5.35. The van der Waals surface area contributed by atoms with Crippen molar-refractivity contribution in [3.05, 3.63) is 47.9 Å². The highest BCUT2D eigenvalue weighted by Gasteiger charge is 2.39. The van der Waals surface area contributed by atoms with Crippen molar-refractivity contribution in [3.8, 4) is 17.7 Å². The number of sulfonamides is 1. The van der Waals surface area contributed by atoms with Crippen LogP contribution in [0, 0.1) is 17.1 Å². The molecule has 3 rings (SSSR count). The van der Waals surface area contributed by atoms with E-state index in [9.17, 15) is 12.8 Å². The molecule has 0 aliphatic carbocycles. The molecule has 2 aromatic rings. The van der Waals surface area contributed by atoms with Gasteiger partial charge in [-0.3, -0.25) is 0 Å². The number of rotatable bonds is 5. The minimum atomic E-state index is -3.88. The Bertz CT molecular complexity index is 919. The number of methoxy groups -OCH3 is 1. The van der Waals surface area contributed by atoms with Gasteiger partial charge in [0.25, 0.3) is 0 Å². The van der Waals surface area contributed by atoms with Gasteiger partial charge in [0.2, 0.25) is 15.9 Å². The highest BCUT2D eigenvalue weighted by atomic mass is 32.2. The molecule has 0 amide bonds. The van der Waals surface area contributed by atoms with Crippen LogP contribution in [0.4, 0.5) is 4.39 Å². The van der Waals surface area contributed by atoms with E-state index in [0.29, 0.717) is 11.4 Å². The highest BCUT2D eigenvalue weighted by molar-refractivity contribution is 7.89. The van der Waals surface area contributed by atoms with Crippen molar-refractivity contribution < 1.29 is 22.3 Å². The van der Waals surface area contributed by atoms with Gasteiger partial charge in [-0.25, -0.2) is 17.8 Å². The third-order valence-electron chi connectivity index (χ3n) is 3.71. The summed E-state index contributed by atoms with van der Waals surface area (Å²) in [5, 5.41) is 8.72. The van der Waals surface area contributed by atoms with Crippen molar-refractivity contribution >= 4 is 10.0 Å². The van der Waals surface area contributed by atoms with E-state index in [1.165, 1.54) is 23.7 Å². The summed E-state index contributed by atoms with van der Waals surface area (Å²) in [7, 11) is -2.55. The standard InChI is InChI=1S/C16H14FN3O4S/c1-23-14-4-3-12(17)6-15(14)25(21,22)20-9-13(10-20)24-16-5-2-11(7-18)8-19-16/h2-6,8,13H,9-10H2,1H3. The minimum absolute atomic E-state index is 0.0829. The van der Waals surface area contributed by atoms with E-state index in [2.05, 4.69) is 4.98 Å². The van der Waals surface area contributed by atoms with Crippen molar-refractivity contribution in [2.75, 3.05) is 20.2 Å². The van der Waals surface area contributed by atoms with Crippen LogP contribution in [-0.2, 0) is 10.0 Å². The van der Waals surface area contributed by atoms with Gasteiger partial charge in [0, 0.05) is 12.3 Å². The minimum Gasteiger partial charge on any atom is -0.495 e. The molecule has 0 N–H and O–H groups in total. The molecule has 1 aromatic heterocycles. The van der Waals surface area contributed by atoms with E-state index in [-0.39, 0.29) is 29.8 Å². The molecule has 2 heterocycles. The molecular formula is C16H14FN3O4S. The van der Waals surface area contributed by atoms with Gasteiger partial charge in [-0.2, -0.15) is 9.57 Å². The van der Waals surface area contributed by atoms with Crippen LogP contribution in [0.3, 0.4) is 0 Å². The van der Waals surface area contributed by atoms with Crippen LogP contribution >= 0.6 is 0 Å². The molecule has 25 heavy (non-hydrogen) atoms. The lowest BCUT2D eigenvalue weighted by Gasteiger charge is -2.37. The smallest absolute Gasteiger partial charge is 0.247 e. The van der Waals surface area contributed by atoms with E-state index in [1.54, 1.807) is 12.1 Å². The first-order valence-corrected chi connectivity index (χ1v) is 8.74. The molecule has 1 saturated heterocycles. The normalized spacial score (nSPS) is 15.2. The Morgan fingerprint density at radius 3 is 2.68 bits per heavy atom. The van der Waals surface area contributed by atoms with Crippen molar-refractivity contribution in [3.63, 3.8) is 0 Å². The Labute approximate surface area is 144 Å². The van der Waals surface area contributed by atoms with E-state index in [4.69, 9.17) is 14.7 Å². The number of benzene rings is 1.